The fourth-order valence-corrected chi connectivity index (χ4v) is 1.53. The Morgan fingerprint density at radius 2 is 2.19 bits per heavy atom. The molecule has 0 bridgehead atoms. The predicted octanol–water partition coefficient (Wildman–Crippen LogP) is 0.565. The number of nitrogens with one attached hydrogen (secondary N) is 1. The number of nitrogens with zero attached hydrogens (tertiary/aromatic N) is 1. The van der Waals surface area contributed by atoms with Crippen molar-refractivity contribution in [3.63, 3.8) is 0 Å². The molecule has 1 fully saturated rings. The van der Waals surface area contributed by atoms with Crippen molar-refractivity contribution in [3.05, 3.63) is 11.8 Å². The molecule has 3 amide bonds. The summed E-state index contributed by atoms with van der Waals surface area (Å²) in [7, 11) is 0. The van der Waals surface area contributed by atoms with E-state index < -0.39 is 5.91 Å². The number of rotatable bonds is 3. The lowest BCUT2D eigenvalue weighted by Gasteiger charge is -2.26. The lowest BCUT2D eigenvalue weighted by molar-refractivity contribution is -0.145. The van der Waals surface area contributed by atoms with Crippen molar-refractivity contribution in [2.24, 2.45) is 0 Å². The van der Waals surface area contributed by atoms with E-state index in [1.165, 1.54) is 6.92 Å². The van der Waals surface area contributed by atoms with Crippen LogP contribution in [0.2, 0.25) is 0 Å². The van der Waals surface area contributed by atoms with E-state index in [-0.39, 0.29) is 24.1 Å². The van der Waals surface area contributed by atoms with Crippen LogP contribution in [0, 0.1) is 0 Å². The molecule has 16 heavy (non-hydrogen) atoms. The van der Waals surface area contributed by atoms with E-state index in [2.05, 4.69) is 5.32 Å². The minimum absolute atomic E-state index is 0.108. The van der Waals surface area contributed by atoms with Gasteiger partial charge in [-0.2, -0.15) is 0 Å². The molecule has 1 N–H and O–H groups in total. The highest BCUT2D eigenvalue weighted by atomic mass is 16.2. The standard InChI is InChI=1S/C11H16N2O3/c1-3-4-5-6-9-11(16)12-7-10(15)13(9)8(2)14/h6H,3-5,7H2,1-2H3,(H,12,16)/b9-6-. The molecule has 88 valence electrons. The Kier molecular flexibility index (Phi) is 4.22. The summed E-state index contributed by atoms with van der Waals surface area (Å²) in [4.78, 5) is 35.2. The molecule has 1 aliphatic heterocycles. The summed E-state index contributed by atoms with van der Waals surface area (Å²) in [6, 6.07) is 0. The third-order valence-corrected chi connectivity index (χ3v) is 2.33. The van der Waals surface area contributed by atoms with E-state index >= 15 is 0 Å². The molecule has 0 aromatic carbocycles. The largest absolute Gasteiger partial charge is 0.342 e. The number of carbonyl (C=O) groups excluding carboxylic acids is 3. The Labute approximate surface area is 94.5 Å². The van der Waals surface area contributed by atoms with Gasteiger partial charge in [-0.3, -0.25) is 14.4 Å². The van der Waals surface area contributed by atoms with E-state index in [4.69, 9.17) is 0 Å². The zero-order chi connectivity index (χ0) is 12.1. The summed E-state index contributed by atoms with van der Waals surface area (Å²) in [5, 5.41) is 2.44. The smallest absolute Gasteiger partial charge is 0.268 e. The molecule has 1 saturated heterocycles. The van der Waals surface area contributed by atoms with Crippen LogP contribution in [0.1, 0.15) is 33.1 Å². The quantitative estimate of drug-likeness (QED) is 0.563. The highest BCUT2D eigenvalue weighted by Crippen LogP contribution is 2.12. The fraction of sp³-hybridized carbons (Fsp3) is 0.545. The molecule has 0 aromatic rings. The summed E-state index contributed by atoms with van der Waals surface area (Å²) < 4.78 is 0. The van der Waals surface area contributed by atoms with E-state index in [9.17, 15) is 14.4 Å². The number of carbonyl (C=O) groups is 3. The van der Waals surface area contributed by atoms with Gasteiger partial charge in [0.05, 0.1) is 6.54 Å². The van der Waals surface area contributed by atoms with Crippen LogP contribution in [0.4, 0.5) is 0 Å². The number of allylic oxidation sites excluding steroid dienone is 1. The van der Waals surface area contributed by atoms with Crippen LogP contribution in [-0.2, 0) is 14.4 Å². The van der Waals surface area contributed by atoms with Gasteiger partial charge < -0.3 is 5.32 Å². The maximum Gasteiger partial charge on any atom is 0.268 e. The molecule has 0 spiro atoms. The number of piperazine rings is 1. The monoisotopic (exact) mass is 224 g/mol. The van der Waals surface area contributed by atoms with Gasteiger partial charge in [-0.25, -0.2) is 4.90 Å². The van der Waals surface area contributed by atoms with Crippen LogP contribution in [0.3, 0.4) is 0 Å². The first kappa shape index (κ1) is 12.4. The van der Waals surface area contributed by atoms with Gasteiger partial charge in [0.25, 0.3) is 11.8 Å². The van der Waals surface area contributed by atoms with Gasteiger partial charge in [0.2, 0.25) is 5.91 Å². The van der Waals surface area contributed by atoms with Crippen LogP contribution in [-0.4, -0.2) is 29.2 Å². The number of amides is 3. The first-order chi connectivity index (χ1) is 7.57. The highest BCUT2D eigenvalue weighted by molar-refractivity contribution is 6.10. The molecule has 5 nitrogen and oxygen atoms in total. The molecule has 0 aromatic heterocycles. The Morgan fingerprint density at radius 3 is 2.75 bits per heavy atom. The van der Waals surface area contributed by atoms with Gasteiger partial charge >= 0.3 is 0 Å². The van der Waals surface area contributed by atoms with Crippen LogP contribution < -0.4 is 5.32 Å². The van der Waals surface area contributed by atoms with Crippen molar-refractivity contribution >= 4 is 17.7 Å². The average molecular weight is 224 g/mol. The minimum Gasteiger partial charge on any atom is -0.342 e. The normalized spacial score (nSPS) is 18.9. The van der Waals surface area contributed by atoms with E-state index in [1.807, 2.05) is 6.92 Å². The average Bonchev–Trinajstić information content (AvgIpc) is 2.23. The van der Waals surface area contributed by atoms with Crippen molar-refractivity contribution in [1.82, 2.24) is 10.2 Å². The summed E-state index contributed by atoms with van der Waals surface area (Å²) >= 11 is 0. The van der Waals surface area contributed by atoms with Crippen molar-refractivity contribution in [3.8, 4) is 0 Å². The Bertz CT molecular complexity index is 347. The van der Waals surface area contributed by atoms with Crippen LogP contribution >= 0.6 is 0 Å². The number of hydrogen-bond donors (Lipinski definition) is 1. The van der Waals surface area contributed by atoms with Crippen LogP contribution in [0.15, 0.2) is 11.8 Å². The Balaban J connectivity index is 2.88. The molecule has 1 aliphatic rings. The number of hydrogen-bond acceptors (Lipinski definition) is 3. The Hall–Kier alpha value is -1.65. The molecular weight excluding hydrogens is 208 g/mol. The third-order valence-electron chi connectivity index (χ3n) is 2.33. The molecule has 0 saturated carbocycles. The predicted molar refractivity (Wildman–Crippen MR) is 58.1 cm³/mol. The van der Waals surface area contributed by atoms with Crippen molar-refractivity contribution in [1.29, 1.82) is 0 Å². The molecule has 0 unspecified atom stereocenters. The Morgan fingerprint density at radius 1 is 1.50 bits per heavy atom. The van der Waals surface area contributed by atoms with E-state index in [0.717, 1.165) is 17.7 Å². The lowest BCUT2D eigenvalue weighted by Crippen LogP contribution is -2.51. The second-order valence-corrected chi connectivity index (χ2v) is 3.66. The lowest BCUT2D eigenvalue weighted by atomic mass is 10.2. The fourth-order valence-electron chi connectivity index (χ4n) is 1.53. The SMILES string of the molecule is CCCC/C=C1/C(=O)NCC(=O)N1C(C)=O. The zero-order valence-electron chi connectivity index (χ0n) is 9.58. The molecule has 1 heterocycles. The summed E-state index contributed by atoms with van der Waals surface area (Å²) in [6.45, 7) is 3.21. The molecule has 0 aliphatic carbocycles. The van der Waals surface area contributed by atoms with Crippen molar-refractivity contribution in [2.75, 3.05) is 6.54 Å². The van der Waals surface area contributed by atoms with Crippen molar-refractivity contribution < 1.29 is 14.4 Å². The second kappa shape index (κ2) is 5.44. The maximum absolute atomic E-state index is 11.5. The molecule has 0 radical (unpaired) electrons. The summed E-state index contributed by atoms with van der Waals surface area (Å²) in [6.07, 6.45) is 4.27. The minimum atomic E-state index is -0.414. The van der Waals surface area contributed by atoms with Crippen LogP contribution in [0.5, 0.6) is 0 Å². The molecular formula is C11H16N2O3. The van der Waals surface area contributed by atoms with Gasteiger partial charge in [0.15, 0.2) is 0 Å². The van der Waals surface area contributed by atoms with Gasteiger partial charge in [-0.1, -0.05) is 19.4 Å². The van der Waals surface area contributed by atoms with Gasteiger partial charge in [0, 0.05) is 6.92 Å². The number of unbranched alkanes of at least 4 members (excludes halogenated alkanes) is 2. The summed E-state index contributed by atoms with van der Waals surface area (Å²) in [5.41, 5.74) is 0.164. The van der Waals surface area contributed by atoms with Crippen LogP contribution in [0.25, 0.3) is 0 Å². The van der Waals surface area contributed by atoms with Crippen molar-refractivity contribution in [2.45, 2.75) is 33.1 Å². The third kappa shape index (κ3) is 2.68. The van der Waals surface area contributed by atoms with Gasteiger partial charge in [0.1, 0.15) is 5.70 Å². The van der Waals surface area contributed by atoms with E-state index in [1.54, 1.807) is 6.08 Å². The second-order valence-electron chi connectivity index (χ2n) is 3.66. The first-order valence-electron chi connectivity index (χ1n) is 5.39. The van der Waals surface area contributed by atoms with Gasteiger partial charge in [-0.05, 0) is 12.8 Å². The highest BCUT2D eigenvalue weighted by Gasteiger charge is 2.31. The van der Waals surface area contributed by atoms with E-state index in [0.29, 0.717) is 6.42 Å². The molecule has 5 heteroatoms. The zero-order valence-corrected chi connectivity index (χ0v) is 9.58. The molecule has 0 atom stereocenters. The number of imide groups is 1. The summed E-state index contributed by atoms with van der Waals surface area (Å²) in [5.74, 6) is -1.15. The topological polar surface area (TPSA) is 66.5 Å². The maximum atomic E-state index is 11.5. The van der Waals surface area contributed by atoms with Gasteiger partial charge in [-0.15, -0.1) is 0 Å². The molecule has 1 rings (SSSR count). The first-order valence-corrected chi connectivity index (χ1v) is 5.39.